The van der Waals surface area contributed by atoms with Crippen molar-refractivity contribution in [2.45, 2.75) is 26.3 Å². The van der Waals surface area contributed by atoms with E-state index in [0.717, 1.165) is 21.7 Å². The van der Waals surface area contributed by atoms with E-state index < -0.39 is 23.7 Å². The molecule has 2 heterocycles. The van der Waals surface area contributed by atoms with Gasteiger partial charge in [-0.15, -0.1) is 0 Å². The average Bonchev–Trinajstić information content (AvgIpc) is 2.70. The fourth-order valence-electron chi connectivity index (χ4n) is 3.92. The summed E-state index contributed by atoms with van der Waals surface area (Å²) in [5, 5.41) is 2.15. The lowest BCUT2D eigenvalue weighted by atomic mass is 9.88. The fraction of sp³-hybridized carbons (Fsp3) is 0.208. The fourth-order valence-corrected chi connectivity index (χ4v) is 3.92. The van der Waals surface area contributed by atoms with E-state index >= 15 is 4.39 Å². The minimum Gasteiger partial charge on any atom is -0.365 e. The van der Waals surface area contributed by atoms with Crippen LogP contribution in [0.5, 0.6) is 0 Å². The first kappa shape index (κ1) is 20.5. The number of nitrogens with one attached hydrogen (secondary N) is 1. The van der Waals surface area contributed by atoms with Crippen LogP contribution in [-0.2, 0) is 9.59 Å². The highest BCUT2D eigenvalue weighted by molar-refractivity contribution is 6.39. The molecule has 4 amide bonds. The van der Waals surface area contributed by atoms with E-state index in [4.69, 9.17) is 0 Å². The molecule has 2 aromatic carbocycles. The lowest BCUT2D eigenvalue weighted by molar-refractivity contribution is -0.122. The van der Waals surface area contributed by atoms with Gasteiger partial charge in [0.1, 0.15) is 11.4 Å². The summed E-state index contributed by atoms with van der Waals surface area (Å²) in [7, 11) is 1.89. The van der Waals surface area contributed by atoms with Crippen LogP contribution < -0.4 is 15.1 Å². The van der Waals surface area contributed by atoms with Crippen LogP contribution >= 0.6 is 0 Å². The Morgan fingerprint density at radius 2 is 1.74 bits per heavy atom. The topological polar surface area (TPSA) is 69.7 Å². The number of imide groups is 2. The second-order valence-corrected chi connectivity index (χ2v) is 8.22. The Morgan fingerprint density at radius 3 is 2.42 bits per heavy atom. The SMILES string of the molecule is CC1=CC(C)(C)N(C)c2cc(F)c(/C=C3/C(=O)NC(=O)N(c4ccccc4)C3=O)cc21. The third kappa shape index (κ3) is 3.42. The first-order valence-corrected chi connectivity index (χ1v) is 9.84. The molecule has 0 atom stereocenters. The molecule has 6 nitrogen and oxygen atoms in total. The van der Waals surface area contributed by atoms with Crippen molar-refractivity contribution in [3.63, 3.8) is 0 Å². The molecule has 7 heteroatoms. The molecule has 0 unspecified atom stereocenters. The highest BCUT2D eigenvalue weighted by Crippen LogP contribution is 2.39. The number of rotatable bonds is 2. The van der Waals surface area contributed by atoms with Crippen LogP contribution in [0.2, 0.25) is 0 Å². The zero-order valence-electron chi connectivity index (χ0n) is 17.7. The van der Waals surface area contributed by atoms with E-state index in [1.807, 2.05) is 32.7 Å². The molecule has 158 valence electrons. The van der Waals surface area contributed by atoms with E-state index in [-0.39, 0.29) is 16.7 Å². The Balaban J connectivity index is 1.79. The Morgan fingerprint density at radius 1 is 1.06 bits per heavy atom. The van der Waals surface area contributed by atoms with Crippen LogP contribution in [0.25, 0.3) is 11.6 Å². The molecule has 0 saturated carbocycles. The number of amides is 4. The number of halogens is 1. The van der Waals surface area contributed by atoms with Gasteiger partial charge in [0, 0.05) is 23.9 Å². The molecule has 0 spiro atoms. The largest absolute Gasteiger partial charge is 0.365 e. The number of fused-ring (bicyclic) bond motifs is 1. The van der Waals surface area contributed by atoms with Crippen LogP contribution in [0, 0.1) is 5.82 Å². The van der Waals surface area contributed by atoms with Crippen molar-refractivity contribution < 1.29 is 18.8 Å². The number of benzene rings is 2. The summed E-state index contributed by atoms with van der Waals surface area (Å²) < 4.78 is 15.0. The number of likely N-dealkylation sites (N-methyl/N-ethyl adjacent to an activating group) is 1. The van der Waals surface area contributed by atoms with Crippen molar-refractivity contribution in [2.75, 3.05) is 16.8 Å². The Labute approximate surface area is 179 Å². The molecular weight excluding hydrogens is 397 g/mol. The van der Waals surface area contributed by atoms with Gasteiger partial charge in [0.25, 0.3) is 11.8 Å². The molecule has 2 aliphatic heterocycles. The van der Waals surface area contributed by atoms with E-state index in [2.05, 4.69) is 11.4 Å². The van der Waals surface area contributed by atoms with Gasteiger partial charge in [0.05, 0.1) is 11.2 Å². The predicted molar refractivity (Wildman–Crippen MR) is 118 cm³/mol. The third-order valence-electron chi connectivity index (χ3n) is 5.75. The molecule has 1 saturated heterocycles. The highest BCUT2D eigenvalue weighted by atomic mass is 19.1. The maximum absolute atomic E-state index is 15.0. The molecule has 31 heavy (non-hydrogen) atoms. The molecule has 0 radical (unpaired) electrons. The second-order valence-electron chi connectivity index (χ2n) is 8.22. The van der Waals surface area contributed by atoms with Crippen molar-refractivity contribution in [1.29, 1.82) is 0 Å². The van der Waals surface area contributed by atoms with E-state index in [9.17, 15) is 14.4 Å². The maximum Gasteiger partial charge on any atom is 0.335 e. The number of hydrogen-bond donors (Lipinski definition) is 1. The van der Waals surface area contributed by atoms with Gasteiger partial charge >= 0.3 is 6.03 Å². The number of carbonyl (C=O) groups excluding carboxylic acids is 3. The Hall–Kier alpha value is -3.74. The standard InChI is InChI=1S/C24H22FN3O3/c1-14-13-24(2,3)27(4)20-12-19(25)15(10-17(14)20)11-18-21(29)26-23(31)28(22(18)30)16-8-6-5-7-9-16/h5-13H,1-4H3,(H,26,29,31)/b18-11-. The van der Waals surface area contributed by atoms with Crippen molar-refractivity contribution in [2.24, 2.45) is 0 Å². The number of barbiturate groups is 1. The predicted octanol–water partition coefficient (Wildman–Crippen LogP) is 4.12. The monoisotopic (exact) mass is 419 g/mol. The zero-order valence-corrected chi connectivity index (χ0v) is 17.7. The molecular formula is C24H22FN3O3. The van der Waals surface area contributed by atoms with Crippen LogP contribution in [0.15, 0.2) is 54.1 Å². The number of allylic oxidation sites excluding steroid dienone is 1. The average molecular weight is 419 g/mol. The first-order chi connectivity index (χ1) is 14.6. The molecule has 2 aromatic rings. The van der Waals surface area contributed by atoms with Gasteiger partial charge in [-0.2, -0.15) is 0 Å². The van der Waals surface area contributed by atoms with E-state index in [1.54, 1.807) is 36.4 Å². The molecule has 0 bridgehead atoms. The van der Waals surface area contributed by atoms with Crippen LogP contribution in [-0.4, -0.2) is 30.4 Å². The van der Waals surface area contributed by atoms with Gasteiger partial charge in [0.15, 0.2) is 0 Å². The number of urea groups is 1. The summed E-state index contributed by atoms with van der Waals surface area (Å²) >= 11 is 0. The quantitative estimate of drug-likeness (QED) is 0.587. The van der Waals surface area contributed by atoms with Crippen LogP contribution in [0.1, 0.15) is 31.9 Å². The van der Waals surface area contributed by atoms with Crippen molar-refractivity contribution in [1.82, 2.24) is 5.32 Å². The van der Waals surface area contributed by atoms with E-state index in [1.165, 1.54) is 12.1 Å². The van der Waals surface area contributed by atoms with Gasteiger partial charge in [0.2, 0.25) is 0 Å². The number of para-hydroxylation sites is 1. The summed E-state index contributed by atoms with van der Waals surface area (Å²) in [5.41, 5.74) is 2.34. The summed E-state index contributed by atoms with van der Waals surface area (Å²) in [4.78, 5) is 40.5. The minimum atomic E-state index is -0.857. The van der Waals surface area contributed by atoms with Gasteiger partial charge in [-0.05, 0) is 56.7 Å². The summed E-state index contributed by atoms with van der Waals surface area (Å²) in [6, 6.07) is 10.4. The second kappa shape index (κ2) is 7.19. The third-order valence-corrected chi connectivity index (χ3v) is 5.75. The zero-order chi connectivity index (χ0) is 22.5. The smallest absolute Gasteiger partial charge is 0.335 e. The number of carbonyl (C=O) groups is 3. The molecule has 0 aromatic heterocycles. The molecule has 4 rings (SSSR count). The first-order valence-electron chi connectivity index (χ1n) is 9.84. The van der Waals surface area contributed by atoms with Crippen LogP contribution in [0.4, 0.5) is 20.6 Å². The molecule has 1 fully saturated rings. The van der Waals surface area contributed by atoms with Crippen LogP contribution in [0.3, 0.4) is 0 Å². The summed E-state index contributed by atoms with van der Waals surface area (Å²) in [5.74, 6) is -2.22. The molecule has 2 aliphatic rings. The number of nitrogens with zero attached hydrogens (tertiary/aromatic N) is 2. The van der Waals surface area contributed by atoms with Gasteiger partial charge in [-0.25, -0.2) is 14.1 Å². The number of anilines is 2. The normalized spacial score (nSPS) is 19.3. The van der Waals surface area contributed by atoms with Crippen molar-refractivity contribution >= 4 is 40.9 Å². The van der Waals surface area contributed by atoms with Gasteiger partial charge in [-0.3, -0.25) is 14.9 Å². The van der Waals surface area contributed by atoms with E-state index in [0.29, 0.717) is 5.69 Å². The summed E-state index contributed by atoms with van der Waals surface area (Å²) in [6.45, 7) is 6.01. The molecule has 0 aliphatic carbocycles. The van der Waals surface area contributed by atoms with Gasteiger partial charge < -0.3 is 4.90 Å². The Bertz CT molecular complexity index is 1180. The lowest BCUT2D eigenvalue weighted by Crippen LogP contribution is -2.54. The Kier molecular flexibility index (Phi) is 4.76. The summed E-state index contributed by atoms with van der Waals surface area (Å²) in [6.07, 6.45) is 3.28. The minimum absolute atomic E-state index is 0.0977. The lowest BCUT2D eigenvalue weighted by Gasteiger charge is -2.40. The van der Waals surface area contributed by atoms with Gasteiger partial charge in [-0.1, -0.05) is 24.3 Å². The van der Waals surface area contributed by atoms with Crippen molar-refractivity contribution in [3.05, 3.63) is 71.1 Å². The highest BCUT2D eigenvalue weighted by Gasteiger charge is 2.37. The number of hydrogen-bond acceptors (Lipinski definition) is 4. The maximum atomic E-state index is 15.0. The molecule has 1 N–H and O–H groups in total. The van der Waals surface area contributed by atoms with Crippen molar-refractivity contribution in [3.8, 4) is 0 Å².